The summed E-state index contributed by atoms with van der Waals surface area (Å²) in [4.78, 5) is 17.2. The van der Waals surface area contributed by atoms with E-state index in [9.17, 15) is 4.79 Å². The van der Waals surface area contributed by atoms with Crippen molar-refractivity contribution in [2.75, 3.05) is 39.3 Å². The van der Waals surface area contributed by atoms with Gasteiger partial charge in [0.1, 0.15) is 0 Å². The molecule has 1 aliphatic carbocycles. The average molecular weight is 325 g/mol. The van der Waals surface area contributed by atoms with Crippen molar-refractivity contribution in [1.29, 1.82) is 0 Å². The van der Waals surface area contributed by atoms with E-state index in [0.29, 0.717) is 0 Å². The Morgan fingerprint density at radius 3 is 2.70 bits per heavy atom. The van der Waals surface area contributed by atoms with Crippen LogP contribution in [0.5, 0.6) is 0 Å². The molecule has 0 spiro atoms. The Morgan fingerprint density at radius 2 is 2.04 bits per heavy atom. The Kier molecular flexibility index (Phi) is 6.86. The van der Waals surface area contributed by atoms with Gasteiger partial charge in [-0.3, -0.25) is 4.79 Å². The highest BCUT2D eigenvalue weighted by Crippen LogP contribution is 2.33. The van der Waals surface area contributed by atoms with E-state index in [2.05, 4.69) is 18.7 Å². The molecule has 2 N–H and O–H groups in total. The van der Waals surface area contributed by atoms with Crippen molar-refractivity contribution < 1.29 is 9.53 Å². The SMILES string of the molecule is CCN(CC)CCOC1CCN(C(=O)C2CCCCC2(C)N)C1. The van der Waals surface area contributed by atoms with Crippen molar-refractivity contribution in [3.05, 3.63) is 0 Å². The molecule has 3 atom stereocenters. The molecular weight excluding hydrogens is 290 g/mol. The van der Waals surface area contributed by atoms with Crippen molar-refractivity contribution in [2.24, 2.45) is 11.7 Å². The van der Waals surface area contributed by atoms with Gasteiger partial charge in [-0.15, -0.1) is 0 Å². The summed E-state index contributed by atoms with van der Waals surface area (Å²) in [5.74, 6) is 0.246. The monoisotopic (exact) mass is 325 g/mol. The highest BCUT2D eigenvalue weighted by atomic mass is 16.5. The zero-order valence-electron chi connectivity index (χ0n) is 15.2. The van der Waals surface area contributed by atoms with Crippen LogP contribution in [-0.4, -0.2) is 66.7 Å². The van der Waals surface area contributed by atoms with Crippen LogP contribution in [0.3, 0.4) is 0 Å². The number of amides is 1. The van der Waals surface area contributed by atoms with E-state index in [-0.39, 0.29) is 23.5 Å². The summed E-state index contributed by atoms with van der Waals surface area (Å²) in [6.07, 6.45) is 5.32. The minimum absolute atomic E-state index is 0.00863. The molecule has 2 fully saturated rings. The number of likely N-dealkylation sites (tertiary alicyclic amines) is 1. The molecule has 1 saturated carbocycles. The van der Waals surface area contributed by atoms with E-state index in [0.717, 1.165) is 71.4 Å². The van der Waals surface area contributed by atoms with Crippen LogP contribution in [0.25, 0.3) is 0 Å². The lowest BCUT2D eigenvalue weighted by atomic mass is 9.74. The summed E-state index contributed by atoms with van der Waals surface area (Å²) in [6.45, 7) is 11.8. The third-order valence-corrected chi connectivity index (χ3v) is 5.66. The molecule has 1 saturated heterocycles. The van der Waals surface area contributed by atoms with E-state index >= 15 is 0 Å². The van der Waals surface area contributed by atoms with Crippen LogP contribution < -0.4 is 5.73 Å². The van der Waals surface area contributed by atoms with Gasteiger partial charge in [0.15, 0.2) is 0 Å². The molecule has 0 aromatic heterocycles. The molecule has 1 amide bonds. The van der Waals surface area contributed by atoms with Crippen molar-refractivity contribution >= 4 is 5.91 Å². The van der Waals surface area contributed by atoms with Crippen LogP contribution in [-0.2, 0) is 9.53 Å². The molecule has 2 aliphatic rings. The fourth-order valence-electron chi connectivity index (χ4n) is 3.94. The zero-order chi connectivity index (χ0) is 16.9. The number of carbonyl (C=O) groups is 1. The molecule has 1 aliphatic heterocycles. The molecule has 23 heavy (non-hydrogen) atoms. The van der Waals surface area contributed by atoms with Gasteiger partial charge in [-0.1, -0.05) is 26.7 Å². The number of ether oxygens (including phenoxy) is 1. The number of nitrogens with two attached hydrogens (primary N) is 1. The third kappa shape index (κ3) is 4.91. The number of hydrogen-bond donors (Lipinski definition) is 1. The summed E-state index contributed by atoms with van der Waals surface area (Å²) in [5.41, 5.74) is 6.05. The first-order valence-corrected chi connectivity index (χ1v) is 9.39. The van der Waals surface area contributed by atoms with Gasteiger partial charge in [0.25, 0.3) is 0 Å². The first-order chi connectivity index (χ1) is 11.0. The highest BCUT2D eigenvalue weighted by Gasteiger charge is 2.41. The number of hydrogen-bond acceptors (Lipinski definition) is 4. The van der Waals surface area contributed by atoms with Crippen LogP contribution in [0.1, 0.15) is 52.9 Å². The lowest BCUT2D eigenvalue weighted by molar-refractivity contribution is -0.138. The minimum Gasteiger partial charge on any atom is -0.375 e. The minimum atomic E-state index is -0.336. The molecule has 0 bridgehead atoms. The van der Waals surface area contributed by atoms with Crippen molar-refractivity contribution in [3.8, 4) is 0 Å². The lowest BCUT2D eigenvalue weighted by Crippen LogP contribution is -2.53. The molecule has 0 aromatic rings. The Balaban J connectivity index is 1.77. The first kappa shape index (κ1) is 18.7. The molecule has 5 nitrogen and oxygen atoms in total. The fourth-order valence-corrected chi connectivity index (χ4v) is 3.94. The Labute approximate surface area is 141 Å². The van der Waals surface area contributed by atoms with Crippen LogP contribution in [0.15, 0.2) is 0 Å². The van der Waals surface area contributed by atoms with E-state index in [1.54, 1.807) is 0 Å². The summed E-state index contributed by atoms with van der Waals surface area (Å²) in [7, 11) is 0. The largest absolute Gasteiger partial charge is 0.375 e. The quantitative estimate of drug-likeness (QED) is 0.776. The van der Waals surface area contributed by atoms with Crippen LogP contribution >= 0.6 is 0 Å². The molecule has 0 aromatic carbocycles. The summed E-state index contributed by atoms with van der Waals surface area (Å²) in [6, 6.07) is 0. The van der Waals surface area contributed by atoms with E-state index < -0.39 is 0 Å². The van der Waals surface area contributed by atoms with E-state index in [4.69, 9.17) is 10.5 Å². The Morgan fingerprint density at radius 1 is 1.30 bits per heavy atom. The predicted octanol–water partition coefficient (Wildman–Crippen LogP) is 1.85. The maximum atomic E-state index is 12.8. The molecule has 3 unspecified atom stereocenters. The van der Waals surface area contributed by atoms with Crippen molar-refractivity contribution in [1.82, 2.24) is 9.80 Å². The number of nitrogens with zero attached hydrogens (tertiary/aromatic N) is 2. The van der Waals surface area contributed by atoms with Crippen molar-refractivity contribution in [3.63, 3.8) is 0 Å². The standard InChI is InChI=1S/C18H35N3O2/c1-4-20(5-2)12-13-23-15-9-11-21(14-15)17(22)16-8-6-7-10-18(16,3)19/h15-16H,4-14,19H2,1-3H3. The van der Waals surface area contributed by atoms with Gasteiger partial charge in [0, 0.05) is 25.2 Å². The summed E-state index contributed by atoms with van der Waals surface area (Å²) >= 11 is 0. The second kappa shape index (κ2) is 8.45. The second-order valence-corrected chi connectivity index (χ2v) is 7.40. The van der Waals surface area contributed by atoms with Gasteiger partial charge in [-0.05, 0) is 39.3 Å². The number of rotatable bonds is 7. The van der Waals surface area contributed by atoms with Gasteiger partial charge in [0.2, 0.25) is 5.91 Å². The average Bonchev–Trinajstić information content (AvgIpc) is 2.99. The summed E-state index contributed by atoms with van der Waals surface area (Å²) in [5, 5.41) is 0. The topological polar surface area (TPSA) is 58.8 Å². The number of likely N-dealkylation sites (N-methyl/N-ethyl adjacent to an activating group) is 1. The fraction of sp³-hybridized carbons (Fsp3) is 0.944. The number of carbonyl (C=O) groups excluding carboxylic acids is 1. The molecule has 134 valence electrons. The maximum absolute atomic E-state index is 12.8. The van der Waals surface area contributed by atoms with Gasteiger partial charge in [-0.25, -0.2) is 0 Å². The van der Waals surface area contributed by atoms with E-state index in [1.807, 2.05) is 11.8 Å². The van der Waals surface area contributed by atoms with Gasteiger partial charge >= 0.3 is 0 Å². The molecule has 2 rings (SSSR count). The van der Waals surface area contributed by atoms with Gasteiger partial charge in [-0.2, -0.15) is 0 Å². The normalized spacial score (nSPS) is 31.8. The molecule has 5 heteroatoms. The predicted molar refractivity (Wildman–Crippen MR) is 93.3 cm³/mol. The van der Waals surface area contributed by atoms with Crippen LogP contribution in [0.4, 0.5) is 0 Å². The summed E-state index contributed by atoms with van der Waals surface area (Å²) < 4.78 is 5.99. The van der Waals surface area contributed by atoms with Crippen molar-refractivity contribution in [2.45, 2.75) is 64.5 Å². The van der Waals surface area contributed by atoms with Crippen LogP contribution in [0, 0.1) is 5.92 Å². The maximum Gasteiger partial charge on any atom is 0.227 e. The zero-order valence-corrected chi connectivity index (χ0v) is 15.2. The van der Waals surface area contributed by atoms with Gasteiger partial charge in [0.05, 0.1) is 18.6 Å². The third-order valence-electron chi connectivity index (χ3n) is 5.66. The lowest BCUT2D eigenvalue weighted by Gasteiger charge is -2.39. The molecule has 0 radical (unpaired) electrons. The first-order valence-electron chi connectivity index (χ1n) is 9.39. The van der Waals surface area contributed by atoms with Gasteiger partial charge < -0.3 is 20.3 Å². The van der Waals surface area contributed by atoms with E-state index in [1.165, 1.54) is 0 Å². The second-order valence-electron chi connectivity index (χ2n) is 7.40. The van der Waals surface area contributed by atoms with Crippen LogP contribution in [0.2, 0.25) is 0 Å². The Bertz CT molecular complexity index is 382. The smallest absolute Gasteiger partial charge is 0.227 e. The Hall–Kier alpha value is -0.650. The molecular formula is C18H35N3O2. The molecule has 1 heterocycles. The highest BCUT2D eigenvalue weighted by molar-refractivity contribution is 5.80.